The maximum atomic E-state index is 15.0. The number of piperidine rings is 1. The summed E-state index contributed by atoms with van der Waals surface area (Å²) in [7, 11) is -5.94. The minimum Gasteiger partial charge on any atom is -0.370 e. The number of hydrogen-bond donors (Lipinski definition) is 8. The van der Waals surface area contributed by atoms with Gasteiger partial charge in [-0.25, -0.2) is 0 Å². The number of carbonyl (C=O) groups is 9. The molecule has 1 aromatic heterocycles. The lowest BCUT2D eigenvalue weighted by Crippen LogP contribution is -2.62. The highest BCUT2D eigenvalue weighted by atomic mass is 31.2. The first-order chi connectivity index (χ1) is 39.2. The van der Waals surface area contributed by atoms with Crippen molar-refractivity contribution >= 4 is 71.7 Å². The van der Waals surface area contributed by atoms with Crippen molar-refractivity contribution in [2.75, 3.05) is 13.1 Å². The van der Waals surface area contributed by atoms with Crippen molar-refractivity contribution in [1.82, 2.24) is 41.0 Å². The van der Waals surface area contributed by atoms with Crippen LogP contribution in [0.5, 0.6) is 0 Å². The molecule has 5 atom stereocenters. The number of aromatic amines is 1. The Balaban J connectivity index is 0.906. The first kappa shape index (κ1) is 58.1. The average Bonchev–Trinajstić information content (AvgIpc) is 4.36. The second-order valence-corrected chi connectivity index (χ2v) is 22.4. The molecule has 4 aromatic carbocycles. The van der Waals surface area contributed by atoms with Crippen LogP contribution < -0.4 is 27.0 Å². The lowest BCUT2D eigenvalue weighted by atomic mass is 9.98. The van der Waals surface area contributed by atoms with Gasteiger partial charge in [0.25, 0.3) is 11.8 Å². The van der Waals surface area contributed by atoms with E-state index in [2.05, 4.69) is 38.1 Å². The summed E-state index contributed by atoms with van der Waals surface area (Å²) < 4.78 is 41.1. The van der Waals surface area contributed by atoms with E-state index in [4.69, 9.17) is 5.73 Å². The molecule has 5 unspecified atom stereocenters. The summed E-state index contributed by atoms with van der Waals surface area (Å²) in [5, 5.41) is 10.8. The standard InChI is InChI=1S/C58H60F2N9O12P/c59-58(60,82(79,80)81)38-20-22-42-37(30-38)31-44(62-42)53(74)64-45-33-67(50(72)19-10-2-1-5-12-34-17-11-18-40-41(34)32-68(56(40)77)46-25-27-49(71)65-54(46)75)29-28-39-21-24-47(69(39)57(45)78)55(76)63-43(23-26-48(61)70)52(73)66-51(35-13-6-3-7-14-35)36-15-8-4-9-16-36/h3-4,6-9,11,13-18,20,22,30-31,39,43,45-47,51,62H,1-2,10,19,21,23-29,32-33H2,(H2,61,70)(H,63,76)(H,64,74)(H,66,73)(H,65,71,75)(H2,79,80,81). The van der Waals surface area contributed by atoms with Crippen LogP contribution in [0.1, 0.15) is 125 Å². The van der Waals surface area contributed by atoms with Crippen LogP contribution in [0, 0.1) is 11.8 Å². The Morgan fingerprint density at radius 2 is 1.56 bits per heavy atom. The molecule has 0 radical (unpaired) electrons. The second kappa shape index (κ2) is 24.6. The number of benzene rings is 4. The van der Waals surface area contributed by atoms with Crippen LogP contribution in [0.2, 0.25) is 0 Å². The fourth-order valence-electron chi connectivity index (χ4n) is 11.0. The van der Waals surface area contributed by atoms with E-state index >= 15 is 4.79 Å². The number of rotatable bonds is 18. The molecule has 24 heteroatoms. The molecule has 5 aromatic rings. The van der Waals surface area contributed by atoms with Gasteiger partial charge < -0.3 is 51.2 Å². The third kappa shape index (κ3) is 12.8. The Hall–Kier alpha value is -8.58. The van der Waals surface area contributed by atoms with Crippen molar-refractivity contribution in [3.05, 3.63) is 142 Å². The molecule has 0 saturated carbocycles. The Morgan fingerprint density at radius 1 is 0.841 bits per heavy atom. The predicted octanol–water partition coefficient (Wildman–Crippen LogP) is 4.11. The Morgan fingerprint density at radius 3 is 2.24 bits per heavy atom. The average molecular weight is 1140 g/mol. The van der Waals surface area contributed by atoms with E-state index in [0.717, 1.165) is 35.4 Å². The summed E-state index contributed by atoms with van der Waals surface area (Å²) in [6, 6.07) is 21.3. The van der Waals surface area contributed by atoms with Gasteiger partial charge in [-0.2, -0.15) is 8.78 Å². The van der Waals surface area contributed by atoms with Crippen LogP contribution in [0.15, 0.2) is 103 Å². The van der Waals surface area contributed by atoms with Gasteiger partial charge in [0, 0.05) is 79.0 Å². The number of hydrogen-bond acceptors (Lipinski definition) is 10. The minimum absolute atomic E-state index is 0.00871. The molecule has 9 N–H and O–H groups in total. The Labute approximate surface area is 469 Å². The van der Waals surface area contributed by atoms with Crippen LogP contribution in [0.3, 0.4) is 0 Å². The van der Waals surface area contributed by atoms with Crippen LogP contribution in [-0.4, -0.2) is 126 Å². The normalized spacial score (nSPS) is 19.5. The lowest BCUT2D eigenvalue weighted by Gasteiger charge is -2.39. The van der Waals surface area contributed by atoms with Gasteiger partial charge in [0.15, 0.2) is 0 Å². The van der Waals surface area contributed by atoms with Crippen molar-refractivity contribution in [1.29, 1.82) is 0 Å². The van der Waals surface area contributed by atoms with E-state index in [9.17, 15) is 61.5 Å². The van der Waals surface area contributed by atoms with E-state index in [1.165, 1.54) is 14.7 Å². The Bertz CT molecular complexity index is 3420. The van der Waals surface area contributed by atoms with E-state index in [0.29, 0.717) is 42.4 Å². The number of fused-ring (bicyclic) bond motifs is 3. The van der Waals surface area contributed by atoms with Gasteiger partial charge in [-0.05, 0) is 92.0 Å². The molecule has 82 heavy (non-hydrogen) atoms. The number of primary amides is 1. The summed E-state index contributed by atoms with van der Waals surface area (Å²) in [5.74, 6) is 0.965. The number of nitrogens with two attached hydrogens (primary N) is 1. The second-order valence-electron chi connectivity index (χ2n) is 20.8. The molecule has 9 rings (SSSR count). The van der Waals surface area contributed by atoms with Gasteiger partial charge in [0.05, 0.1) is 6.04 Å². The summed E-state index contributed by atoms with van der Waals surface area (Å²) in [5.41, 5.74) is 3.10. The van der Waals surface area contributed by atoms with E-state index < -0.39 is 90.5 Å². The maximum Gasteiger partial charge on any atom is 0.399 e. The first-order valence-corrected chi connectivity index (χ1v) is 28.5. The number of amides is 9. The first-order valence-electron chi connectivity index (χ1n) is 26.9. The van der Waals surface area contributed by atoms with Crippen molar-refractivity contribution < 1.29 is 66.3 Å². The molecule has 9 amide bonds. The molecular formula is C58H60F2N9O12P. The summed E-state index contributed by atoms with van der Waals surface area (Å²) in [4.78, 5) is 148. The van der Waals surface area contributed by atoms with E-state index in [1.807, 2.05) is 60.7 Å². The quantitative estimate of drug-likeness (QED) is 0.0266. The van der Waals surface area contributed by atoms with Crippen molar-refractivity contribution in [2.24, 2.45) is 5.73 Å². The highest BCUT2D eigenvalue weighted by Gasteiger charge is 2.51. The van der Waals surface area contributed by atoms with Crippen LogP contribution in [0.25, 0.3) is 10.9 Å². The van der Waals surface area contributed by atoms with Gasteiger partial charge in [0.1, 0.15) is 29.9 Å². The molecule has 0 spiro atoms. The number of halogens is 2. The van der Waals surface area contributed by atoms with Crippen LogP contribution in [-0.2, 0) is 50.3 Å². The zero-order valence-corrected chi connectivity index (χ0v) is 45.2. The summed E-state index contributed by atoms with van der Waals surface area (Å²) in [6.45, 7) is -0.0905. The van der Waals surface area contributed by atoms with Crippen molar-refractivity contribution in [3.63, 3.8) is 0 Å². The summed E-state index contributed by atoms with van der Waals surface area (Å²) >= 11 is 0. The lowest BCUT2D eigenvalue weighted by molar-refractivity contribution is -0.145. The SMILES string of the molecule is NC(=O)CCC(NC(=O)C1CCC2CCN(C(=O)CCCCC#Cc3cccc4c3CN(C3CCC(=O)NC3=O)C4=O)CC(NC(=O)c3cc4cc(C(F)(F)P(=O)(O)O)ccc4[nH]3)C(=O)N21)C(=O)NC(c1ccccc1)c1ccccc1. The highest BCUT2D eigenvalue weighted by molar-refractivity contribution is 7.52. The number of carbonyl (C=O) groups excluding carboxylic acids is 9. The van der Waals surface area contributed by atoms with Gasteiger partial charge >= 0.3 is 13.3 Å². The topological polar surface area (TPSA) is 311 Å². The molecule has 0 aliphatic carbocycles. The molecule has 3 saturated heterocycles. The molecule has 4 aliphatic heterocycles. The maximum absolute atomic E-state index is 15.0. The number of unbranched alkanes of at least 4 members (excludes halogenated alkanes) is 2. The molecule has 4 aliphatic rings. The number of H-pyrrole nitrogens is 1. The monoisotopic (exact) mass is 1140 g/mol. The van der Waals surface area contributed by atoms with Gasteiger partial charge in [-0.15, -0.1) is 0 Å². The number of aromatic nitrogens is 1. The van der Waals surface area contributed by atoms with Crippen LogP contribution >= 0.6 is 7.60 Å². The number of nitrogens with zero attached hydrogens (tertiary/aromatic N) is 3. The zero-order valence-electron chi connectivity index (χ0n) is 44.3. The third-order valence-electron chi connectivity index (χ3n) is 15.3. The fourth-order valence-corrected chi connectivity index (χ4v) is 11.5. The van der Waals surface area contributed by atoms with Crippen molar-refractivity contribution in [3.8, 4) is 11.8 Å². The van der Waals surface area contributed by atoms with Gasteiger partial charge in [-0.3, -0.25) is 53.0 Å². The molecule has 5 heterocycles. The Kier molecular flexibility index (Phi) is 17.5. The van der Waals surface area contributed by atoms with E-state index in [1.54, 1.807) is 18.2 Å². The zero-order chi connectivity index (χ0) is 58.5. The minimum atomic E-state index is -5.94. The van der Waals surface area contributed by atoms with Crippen molar-refractivity contribution in [2.45, 2.75) is 119 Å². The molecule has 21 nitrogen and oxygen atoms in total. The molecule has 0 bridgehead atoms. The van der Waals surface area contributed by atoms with Gasteiger partial charge in [-0.1, -0.05) is 84.6 Å². The number of alkyl halides is 2. The largest absolute Gasteiger partial charge is 0.399 e. The molecule has 428 valence electrons. The molecule has 3 fully saturated rings. The smallest absolute Gasteiger partial charge is 0.370 e. The van der Waals surface area contributed by atoms with Gasteiger partial charge in [0.2, 0.25) is 41.4 Å². The number of nitrogens with one attached hydrogen (secondary N) is 5. The van der Waals surface area contributed by atoms with E-state index in [-0.39, 0.29) is 98.9 Å². The fraction of sp³-hybridized carbons (Fsp3) is 0.362. The van der Waals surface area contributed by atoms with Crippen LogP contribution in [0.4, 0.5) is 8.78 Å². The highest BCUT2D eigenvalue weighted by Crippen LogP contribution is 2.59. The third-order valence-corrected chi connectivity index (χ3v) is 16.3. The molecular weight excluding hydrogens is 1080 g/mol. The summed E-state index contributed by atoms with van der Waals surface area (Å²) in [6.07, 6.45) is 1.81. The predicted molar refractivity (Wildman–Crippen MR) is 291 cm³/mol. The number of imide groups is 1.